The van der Waals surface area contributed by atoms with Gasteiger partial charge in [-0.15, -0.1) is 24.0 Å². The van der Waals surface area contributed by atoms with Crippen molar-refractivity contribution in [1.29, 1.82) is 0 Å². The molecule has 0 spiro atoms. The van der Waals surface area contributed by atoms with Gasteiger partial charge in [-0.05, 0) is 42.2 Å². The van der Waals surface area contributed by atoms with Gasteiger partial charge in [-0.25, -0.2) is 8.78 Å². The number of guanidine groups is 1. The zero-order valence-electron chi connectivity index (χ0n) is 15.0. The quantitative estimate of drug-likeness (QED) is 0.421. The summed E-state index contributed by atoms with van der Waals surface area (Å²) in [4.78, 5) is 6.51. The number of aryl methyl sites for hydroxylation is 1. The van der Waals surface area contributed by atoms with Gasteiger partial charge in [0.2, 0.25) is 0 Å². The maximum absolute atomic E-state index is 13.7. The highest BCUT2D eigenvalue weighted by molar-refractivity contribution is 14.0. The molecule has 3 rings (SSSR count). The largest absolute Gasteiger partial charge is 0.356 e. The molecular weight excluding hydrogens is 451 g/mol. The summed E-state index contributed by atoms with van der Waals surface area (Å²) in [5, 5.41) is 7.49. The van der Waals surface area contributed by atoms with Gasteiger partial charge in [0.15, 0.2) is 5.96 Å². The second-order valence-corrected chi connectivity index (χ2v) is 6.34. The Balaban J connectivity index is 0.00000243. The fraction of sp³-hybridized carbons (Fsp3) is 0.444. The van der Waals surface area contributed by atoms with Crippen molar-refractivity contribution in [3.8, 4) is 0 Å². The fourth-order valence-electron chi connectivity index (χ4n) is 3.25. The van der Waals surface area contributed by atoms with E-state index in [-0.39, 0.29) is 29.8 Å². The molecule has 2 heterocycles. The minimum Gasteiger partial charge on any atom is -0.356 e. The van der Waals surface area contributed by atoms with Gasteiger partial charge in [-0.3, -0.25) is 9.67 Å². The van der Waals surface area contributed by atoms with E-state index in [0.29, 0.717) is 24.4 Å². The summed E-state index contributed by atoms with van der Waals surface area (Å²) >= 11 is 0. The maximum Gasteiger partial charge on any atom is 0.193 e. The molecule has 1 fully saturated rings. The standard InChI is InChI=1S/C18H23F2N5.HI/c1-21-18(22-7-5-13-9-16(19)3-4-17(13)20)25-8-6-14(12-25)15-10-23-24(2)11-15;/h3-4,9-11,14H,5-8,12H2,1-2H3,(H,21,22);1H. The lowest BCUT2D eigenvalue weighted by Gasteiger charge is -2.21. The molecule has 1 saturated heterocycles. The predicted molar refractivity (Wildman–Crippen MR) is 109 cm³/mol. The Bertz CT molecular complexity index is 762. The third-order valence-corrected chi connectivity index (χ3v) is 4.58. The Morgan fingerprint density at radius 3 is 2.88 bits per heavy atom. The van der Waals surface area contributed by atoms with Crippen LogP contribution in [0.1, 0.15) is 23.5 Å². The molecule has 0 bridgehead atoms. The van der Waals surface area contributed by atoms with Gasteiger partial charge in [0.1, 0.15) is 11.6 Å². The van der Waals surface area contributed by atoms with Gasteiger partial charge in [-0.1, -0.05) is 0 Å². The maximum atomic E-state index is 13.7. The van der Waals surface area contributed by atoms with Crippen LogP contribution in [0.3, 0.4) is 0 Å². The van der Waals surface area contributed by atoms with Crippen LogP contribution in [0.25, 0.3) is 0 Å². The molecule has 142 valence electrons. The molecule has 2 aromatic rings. The summed E-state index contributed by atoms with van der Waals surface area (Å²) in [6.07, 6.45) is 5.42. The second-order valence-electron chi connectivity index (χ2n) is 6.34. The number of benzene rings is 1. The zero-order valence-corrected chi connectivity index (χ0v) is 17.3. The number of aromatic nitrogens is 2. The molecule has 1 aromatic carbocycles. The minimum atomic E-state index is -0.417. The topological polar surface area (TPSA) is 45.5 Å². The number of halogens is 3. The average molecular weight is 475 g/mol. The first-order valence-electron chi connectivity index (χ1n) is 8.45. The van der Waals surface area contributed by atoms with Crippen molar-refractivity contribution in [3.63, 3.8) is 0 Å². The molecular formula is C18H24F2IN5. The Morgan fingerprint density at radius 1 is 1.38 bits per heavy atom. The normalized spacial score (nSPS) is 17.3. The molecule has 0 amide bonds. The smallest absolute Gasteiger partial charge is 0.193 e. The van der Waals surface area contributed by atoms with Crippen molar-refractivity contribution in [1.82, 2.24) is 20.0 Å². The van der Waals surface area contributed by atoms with Crippen molar-refractivity contribution < 1.29 is 8.78 Å². The van der Waals surface area contributed by atoms with Crippen molar-refractivity contribution in [3.05, 3.63) is 53.4 Å². The van der Waals surface area contributed by atoms with Crippen molar-refractivity contribution in [2.75, 3.05) is 26.7 Å². The number of hydrogen-bond donors (Lipinski definition) is 1. The van der Waals surface area contributed by atoms with E-state index in [1.54, 1.807) is 7.05 Å². The molecule has 1 unspecified atom stereocenters. The second kappa shape index (κ2) is 9.29. The van der Waals surface area contributed by atoms with Gasteiger partial charge in [0.05, 0.1) is 6.20 Å². The van der Waals surface area contributed by atoms with Crippen LogP contribution < -0.4 is 5.32 Å². The molecule has 8 heteroatoms. The molecule has 5 nitrogen and oxygen atoms in total. The molecule has 0 radical (unpaired) electrons. The number of aliphatic imine (C=N–C) groups is 1. The number of rotatable bonds is 4. The number of nitrogens with one attached hydrogen (secondary N) is 1. The lowest BCUT2D eigenvalue weighted by molar-refractivity contribution is 0.485. The van der Waals surface area contributed by atoms with Crippen LogP contribution in [-0.4, -0.2) is 47.3 Å². The van der Waals surface area contributed by atoms with Gasteiger partial charge in [-0.2, -0.15) is 5.10 Å². The first-order chi connectivity index (χ1) is 12.1. The third-order valence-electron chi connectivity index (χ3n) is 4.58. The summed E-state index contributed by atoms with van der Waals surface area (Å²) in [7, 11) is 3.66. The predicted octanol–water partition coefficient (Wildman–Crippen LogP) is 2.92. The summed E-state index contributed by atoms with van der Waals surface area (Å²) in [6, 6.07) is 3.54. The highest BCUT2D eigenvalue weighted by Gasteiger charge is 2.26. The van der Waals surface area contributed by atoms with Crippen molar-refractivity contribution in [2.45, 2.75) is 18.8 Å². The molecule has 0 aliphatic carbocycles. The SMILES string of the molecule is CN=C(NCCc1cc(F)ccc1F)N1CCC(c2cnn(C)c2)C1.I. The van der Waals surface area contributed by atoms with E-state index >= 15 is 0 Å². The van der Waals surface area contributed by atoms with Crippen LogP contribution >= 0.6 is 24.0 Å². The summed E-state index contributed by atoms with van der Waals surface area (Å²) in [5.41, 5.74) is 1.61. The molecule has 26 heavy (non-hydrogen) atoms. The van der Waals surface area contributed by atoms with Crippen LogP contribution in [0, 0.1) is 11.6 Å². The molecule has 1 N–H and O–H groups in total. The van der Waals surface area contributed by atoms with Gasteiger partial charge < -0.3 is 10.2 Å². The van der Waals surface area contributed by atoms with E-state index in [1.807, 2.05) is 17.9 Å². The van der Waals surface area contributed by atoms with E-state index in [9.17, 15) is 8.78 Å². The van der Waals surface area contributed by atoms with Gasteiger partial charge in [0.25, 0.3) is 0 Å². The Morgan fingerprint density at radius 2 is 2.19 bits per heavy atom. The van der Waals surface area contributed by atoms with Crippen LogP contribution in [0.5, 0.6) is 0 Å². The van der Waals surface area contributed by atoms with E-state index in [0.717, 1.165) is 31.5 Å². The Kier molecular flexibility index (Phi) is 7.36. The van der Waals surface area contributed by atoms with Crippen LogP contribution in [0.15, 0.2) is 35.6 Å². The summed E-state index contributed by atoms with van der Waals surface area (Å²) < 4.78 is 28.7. The number of nitrogens with zero attached hydrogens (tertiary/aromatic N) is 4. The molecule has 1 aromatic heterocycles. The van der Waals surface area contributed by atoms with Crippen LogP contribution in [0.2, 0.25) is 0 Å². The van der Waals surface area contributed by atoms with E-state index in [4.69, 9.17) is 0 Å². The first-order valence-corrected chi connectivity index (χ1v) is 8.45. The van der Waals surface area contributed by atoms with Crippen molar-refractivity contribution >= 4 is 29.9 Å². The molecule has 0 saturated carbocycles. The third kappa shape index (κ3) is 4.93. The number of hydrogen-bond acceptors (Lipinski definition) is 2. The van der Waals surface area contributed by atoms with E-state index < -0.39 is 5.82 Å². The lowest BCUT2D eigenvalue weighted by Crippen LogP contribution is -2.40. The van der Waals surface area contributed by atoms with Crippen LogP contribution in [0.4, 0.5) is 8.78 Å². The average Bonchev–Trinajstić information content (AvgIpc) is 3.23. The molecule has 1 aliphatic rings. The Hall–Kier alpha value is -1.71. The summed E-state index contributed by atoms with van der Waals surface area (Å²) in [6.45, 7) is 2.29. The minimum absolute atomic E-state index is 0. The molecule has 1 atom stereocenters. The van der Waals surface area contributed by atoms with Gasteiger partial charge >= 0.3 is 0 Å². The van der Waals surface area contributed by atoms with E-state index in [1.165, 1.54) is 17.7 Å². The zero-order chi connectivity index (χ0) is 17.8. The lowest BCUT2D eigenvalue weighted by atomic mass is 10.0. The summed E-state index contributed by atoms with van der Waals surface area (Å²) in [5.74, 6) is 0.437. The van der Waals surface area contributed by atoms with Gasteiger partial charge in [0, 0.05) is 45.8 Å². The number of likely N-dealkylation sites (tertiary alicyclic amines) is 1. The molecule has 1 aliphatic heterocycles. The first kappa shape index (κ1) is 20.6. The fourth-order valence-corrected chi connectivity index (χ4v) is 3.25. The Labute approximate surface area is 169 Å². The van der Waals surface area contributed by atoms with Crippen molar-refractivity contribution in [2.24, 2.45) is 12.0 Å². The highest BCUT2D eigenvalue weighted by atomic mass is 127. The monoisotopic (exact) mass is 475 g/mol. The van der Waals surface area contributed by atoms with Crippen LogP contribution in [-0.2, 0) is 13.5 Å². The highest BCUT2D eigenvalue weighted by Crippen LogP contribution is 2.26. The van der Waals surface area contributed by atoms with E-state index in [2.05, 4.69) is 26.5 Å².